The first-order chi connectivity index (χ1) is 19.7. The Morgan fingerprint density at radius 1 is 1.10 bits per heavy atom. The molecule has 1 saturated heterocycles. The molecule has 2 aromatic rings. The van der Waals surface area contributed by atoms with Crippen LogP contribution >= 0.6 is 0 Å². The highest BCUT2D eigenvalue weighted by molar-refractivity contribution is 5.94. The summed E-state index contributed by atoms with van der Waals surface area (Å²) in [6, 6.07) is 8.20. The predicted molar refractivity (Wildman–Crippen MR) is 163 cm³/mol. The molecule has 1 aromatic heterocycles. The highest BCUT2D eigenvalue weighted by Gasteiger charge is 2.33. The van der Waals surface area contributed by atoms with Crippen molar-refractivity contribution in [2.24, 2.45) is 11.3 Å². The molecule has 3 rings (SSSR count). The smallest absolute Gasteiger partial charge is 0.303 e. The maximum absolute atomic E-state index is 13.3. The van der Waals surface area contributed by atoms with Crippen LogP contribution in [-0.4, -0.2) is 58.4 Å². The first-order valence-electron chi connectivity index (χ1n) is 14.6. The normalized spacial score (nSPS) is 18.0. The molecular formula is C32H45N5O5. The molecule has 0 aliphatic carbocycles. The lowest BCUT2D eigenvalue weighted by Gasteiger charge is -2.34. The van der Waals surface area contributed by atoms with Gasteiger partial charge in [-0.1, -0.05) is 44.2 Å². The number of hydrogen-bond donors (Lipinski definition) is 3. The fourth-order valence-electron chi connectivity index (χ4n) is 4.76. The highest BCUT2D eigenvalue weighted by atomic mass is 16.5. The van der Waals surface area contributed by atoms with Crippen molar-refractivity contribution < 1.29 is 23.9 Å². The van der Waals surface area contributed by atoms with Gasteiger partial charge in [-0.05, 0) is 71.1 Å². The summed E-state index contributed by atoms with van der Waals surface area (Å²) >= 11 is 0. The van der Waals surface area contributed by atoms with Crippen LogP contribution in [0.2, 0.25) is 0 Å². The molecule has 10 heteroatoms. The molecule has 3 amide bonds. The molecule has 1 fully saturated rings. The van der Waals surface area contributed by atoms with Crippen LogP contribution < -0.4 is 16.1 Å². The van der Waals surface area contributed by atoms with Crippen LogP contribution in [0.25, 0.3) is 17.0 Å². The van der Waals surface area contributed by atoms with E-state index in [1.54, 1.807) is 38.8 Å². The monoisotopic (exact) mass is 579 g/mol. The molecular weight excluding hydrogens is 534 g/mol. The minimum Gasteiger partial charge on any atom is -0.456 e. The Hall–Kier alpha value is -3.79. The Bertz CT molecular complexity index is 1340. The van der Waals surface area contributed by atoms with E-state index in [0.29, 0.717) is 12.2 Å². The Morgan fingerprint density at radius 3 is 2.43 bits per heavy atom. The molecule has 1 aliphatic rings. The SMILES string of the molecule is CC(=O)O[C@H](C)c1ccc2ccc(/C=C/C(C)(C)C(=O)N[C@H](C(=O)N[C@@H](C)C(=O)N3CCCC(C)N3)C(C)C)cc2n1. The first kappa shape index (κ1) is 32.7. The summed E-state index contributed by atoms with van der Waals surface area (Å²) in [4.78, 5) is 55.4. The van der Waals surface area contributed by atoms with Crippen LogP contribution in [0.1, 0.15) is 85.6 Å². The number of hydrazine groups is 1. The minimum atomic E-state index is -0.934. The van der Waals surface area contributed by atoms with Gasteiger partial charge in [0.25, 0.3) is 5.91 Å². The first-order valence-corrected chi connectivity index (χ1v) is 14.6. The summed E-state index contributed by atoms with van der Waals surface area (Å²) in [6.45, 7) is 14.7. The number of ether oxygens (including phenoxy) is 1. The van der Waals surface area contributed by atoms with E-state index in [-0.39, 0.29) is 29.7 Å². The predicted octanol–water partition coefficient (Wildman–Crippen LogP) is 4.06. The van der Waals surface area contributed by atoms with Crippen molar-refractivity contribution in [3.63, 3.8) is 0 Å². The van der Waals surface area contributed by atoms with Crippen LogP contribution in [0.15, 0.2) is 36.4 Å². The number of rotatable bonds is 10. The van der Waals surface area contributed by atoms with Gasteiger partial charge in [0.05, 0.1) is 16.6 Å². The summed E-state index contributed by atoms with van der Waals surface area (Å²) in [7, 11) is 0. The third-order valence-electron chi connectivity index (χ3n) is 7.40. The summed E-state index contributed by atoms with van der Waals surface area (Å²) in [5, 5.41) is 8.19. The number of hydrogen-bond acceptors (Lipinski definition) is 7. The molecule has 2 heterocycles. The quantitative estimate of drug-likeness (QED) is 0.362. The van der Waals surface area contributed by atoms with E-state index in [1.165, 1.54) is 6.92 Å². The van der Waals surface area contributed by atoms with Crippen molar-refractivity contribution >= 4 is 40.7 Å². The molecule has 3 N–H and O–H groups in total. The maximum atomic E-state index is 13.3. The zero-order valence-electron chi connectivity index (χ0n) is 26.0. The van der Waals surface area contributed by atoms with Crippen LogP contribution in [-0.2, 0) is 23.9 Å². The standard InChI is InChI=1S/C32H45N5O5/c1-19(2)28(29(39)33-21(4)30(40)37-17-9-10-20(3)36-37)35-31(41)32(7,8)16-15-24-11-12-25-13-14-26(34-27(25)18-24)22(5)42-23(6)38/h11-16,18-22,28,36H,9-10,17H2,1-8H3,(H,33,39)(H,35,41)/b16-15+/t20?,21-,22+,28-/m0/s1. The Labute approximate surface area is 248 Å². The van der Waals surface area contributed by atoms with Crippen LogP contribution in [0, 0.1) is 11.3 Å². The molecule has 42 heavy (non-hydrogen) atoms. The van der Waals surface area contributed by atoms with E-state index >= 15 is 0 Å². The Kier molecular flexibility index (Phi) is 10.8. The van der Waals surface area contributed by atoms with E-state index in [0.717, 1.165) is 29.3 Å². The van der Waals surface area contributed by atoms with Crippen molar-refractivity contribution in [3.8, 4) is 0 Å². The van der Waals surface area contributed by atoms with Gasteiger partial charge < -0.3 is 15.4 Å². The summed E-state index contributed by atoms with van der Waals surface area (Å²) < 4.78 is 5.25. The van der Waals surface area contributed by atoms with E-state index < -0.39 is 29.5 Å². The molecule has 10 nitrogen and oxygen atoms in total. The third-order valence-corrected chi connectivity index (χ3v) is 7.40. The number of benzene rings is 1. The molecule has 1 aromatic carbocycles. The van der Waals surface area contributed by atoms with Gasteiger partial charge in [0, 0.05) is 24.9 Å². The summed E-state index contributed by atoms with van der Waals surface area (Å²) in [5.41, 5.74) is 4.46. The van der Waals surface area contributed by atoms with Crippen LogP contribution in [0.5, 0.6) is 0 Å². The molecule has 0 bridgehead atoms. The van der Waals surface area contributed by atoms with Crippen molar-refractivity contribution in [1.29, 1.82) is 0 Å². The average molecular weight is 580 g/mol. The molecule has 1 aliphatic heterocycles. The average Bonchev–Trinajstić information content (AvgIpc) is 2.93. The summed E-state index contributed by atoms with van der Waals surface area (Å²) in [5.74, 6) is -1.48. The van der Waals surface area contributed by atoms with Gasteiger partial charge in [-0.15, -0.1) is 0 Å². The van der Waals surface area contributed by atoms with Crippen LogP contribution in [0.4, 0.5) is 0 Å². The van der Waals surface area contributed by atoms with Crippen molar-refractivity contribution in [3.05, 3.63) is 47.7 Å². The second-order valence-electron chi connectivity index (χ2n) is 12.1. The highest BCUT2D eigenvalue weighted by Crippen LogP contribution is 2.24. The van der Waals surface area contributed by atoms with E-state index in [1.807, 2.05) is 57.2 Å². The largest absolute Gasteiger partial charge is 0.456 e. The van der Waals surface area contributed by atoms with E-state index in [2.05, 4.69) is 21.0 Å². The maximum Gasteiger partial charge on any atom is 0.303 e. The lowest BCUT2D eigenvalue weighted by atomic mass is 9.89. The third kappa shape index (κ3) is 8.61. The van der Waals surface area contributed by atoms with Gasteiger partial charge in [0.15, 0.2) is 0 Å². The topological polar surface area (TPSA) is 130 Å². The zero-order chi connectivity index (χ0) is 31.2. The lowest BCUT2D eigenvalue weighted by Crippen LogP contribution is -2.59. The molecule has 0 saturated carbocycles. The molecule has 1 unspecified atom stereocenters. The Balaban J connectivity index is 1.68. The van der Waals surface area contributed by atoms with E-state index in [4.69, 9.17) is 4.74 Å². The number of nitrogens with one attached hydrogen (secondary N) is 3. The van der Waals surface area contributed by atoms with Crippen molar-refractivity contribution in [2.75, 3.05) is 6.54 Å². The molecule has 0 radical (unpaired) electrons. The fourth-order valence-corrected chi connectivity index (χ4v) is 4.76. The van der Waals surface area contributed by atoms with Gasteiger partial charge in [-0.25, -0.2) is 10.4 Å². The lowest BCUT2D eigenvalue weighted by molar-refractivity contribution is -0.146. The number of carbonyl (C=O) groups excluding carboxylic acids is 4. The van der Waals surface area contributed by atoms with Gasteiger partial charge in [-0.2, -0.15) is 0 Å². The van der Waals surface area contributed by atoms with Gasteiger partial charge in [0.2, 0.25) is 11.8 Å². The number of esters is 1. The van der Waals surface area contributed by atoms with Gasteiger partial charge >= 0.3 is 5.97 Å². The number of amides is 3. The minimum absolute atomic E-state index is 0.195. The van der Waals surface area contributed by atoms with E-state index in [9.17, 15) is 19.2 Å². The van der Waals surface area contributed by atoms with Crippen molar-refractivity contribution in [1.82, 2.24) is 26.1 Å². The number of aromatic nitrogens is 1. The number of nitrogens with zero attached hydrogens (tertiary/aromatic N) is 2. The fraction of sp³-hybridized carbons (Fsp3) is 0.531. The second kappa shape index (κ2) is 13.9. The molecule has 4 atom stereocenters. The summed E-state index contributed by atoms with van der Waals surface area (Å²) in [6.07, 6.45) is 5.07. The van der Waals surface area contributed by atoms with Gasteiger partial charge in [0.1, 0.15) is 18.2 Å². The molecule has 0 spiro atoms. The zero-order valence-corrected chi connectivity index (χ0v) is 26.0. The van der Waals surface area contributed by atoms with Crippen molar-refractivity contribution in [2.45, 2.75) is 92.5 Å². The second-order valence-corrected chi connectivity index (χ2v) is 12.1. The molecule has 228 valence electrons. The number of fused-ring (bicyclic) bond motifs is 1. The Morgan fingerprint density at radius 2 is 1.79 bits per heavy atom. The van der Waals surface area contributed by atoms with Crippen LogP contribution in [0.3, 0.4) is 0 Å². The van der Waals surface area contributed by atoms with Gasteiger partial charge in [-0.3, -0.25) is 24.2 Å². The number of carbonyl (C=O) groups is 4. The number of pyridine rings is 1.